The van der Waals surface area contributed by atoms with Crippen molar-refractivity contribution >= 4 is 5.91 Å². The Hall–Kier alpha value is -2.60. The molecule has 0 atom stereocenters. The molecule has 2 aromatic rings. The second-order valence-electron chi connectivity index (χ2n) is 7.40. The zero-order chi connectivity index (χ0) is 19.3. The molecule has 1 saturated carbocycles. The van der Waals surface area contributed by atoms with Gasteiger partial charge in [-0.3, -0.25) is 9.69 Å². The lowest BCUT2D eigenvalue weighted by atomic mass is 10.1. The Morgan fingerprint density at radius 2 is 1.89 bits per heavy atom. The van der Waals surface area contributed by atoms with Crippen LogP contribution in [-0.4, -0.2) is 30.2 Å². The monoisotopic (exact) mass is 384 g/mol. The number of halogens is 1. The molecule has 4 rings (SSSR count). The van der Waals surface area contributed by atoms with Crippen LogP contribution in [0.4, 0.5) is 4.39 Å². The Morgan fingerprint density at radius 1 is 1.11 bits per heavy atom. The first-order chi connectivity index (χ1) is 13.7. The molecule has 5 nitrogen and oxygen atoms in total. The van der Waals surface area contributed by atoms with Crippen molar-refractivity contribution in [3.05, 3.63) is 59.4 Å². The average molecular weight is 384 g/mol. The summed E-state index contributed by atoms with van der Waals surface area (Å²) < 4.78 is 24.6. The van der Waals surface area contributed by atoms with Crippen LogP contribution >= 0.6 is 0 Å². The van der Waals surface area contributed by atoms with Gasteiger partial charge in [0.1, 0.15) is 5.82 Å². The maximum Gasteiger partial charge on any atom is 0.234 e. The Labute approximate surface area is 164 Å². The zero-order valence-corrected chi connectivity index (χ0v) is 15.8. The van der Waals surface area contributed by atoms with Crippen molar-refractivity contribution in [1.82, 2.24) is 10.2 Å². The molecule has 1 N–H and O–H groups in total. The van der Waals surface area contributed by atoms with E-state index in [0.29, 0.717) is 24.7 Å². The molecule has 1 fully saturated rings. The van der Waals surface area contributed by atoms with Gasteiger partial charge in [0, 0.05) is 24.7 Å². The quantitative estimate of drug-likeness (QED) is 0.792. The highest BCUT2D eigenvalue weighted by atomic mass is 19.1. The van der Waals surface area contributed by atoms with Gasteiger partial charge in [0.15, 0.2) is 11.5 Å². The largest absolute Gasteiger partial charge is 0.454 e. The van der Waals surface area contributed by atoms with Crippen molar-refractivity contribution in [3.63, 3.8) is 0 Å². The second-order valence-corrected chi connectivity index (χ2v) is 7.40. The molecule has 6 heteroatoms. The minimum atomic E-state index is -0.296. The van der Waals surface area contributed by atoms with Crippen LogP contribution in [0.25, 0.3) is 0 Å². The summed E-state index contributed by atoms with van der Waals surface area (Å²) in [6.07, 6.45) is 4.59. The number of nitrogens with zero attached hydrogens (tertiary/aromatic N) is 1. The van der Waals surface area contributed by atoms with Gasteiger partial charge in [0.25, 0.3) is 0 Å². The third-order valence-electron chi connectivity index (χ3n) is 5.44. The Balaban J connectivity index is 1.39. The molecule has 0 bridgehead atoms. The first-order valence-corrected chi connectivity index (χ1v) is 9.82. The maximum atomic E-state index is 13.8. The van der Waals surface area contributed by atoms with Crippen molar-refractivity contribution in [2.75, 3.05) is 13.3 Å². The van der Waals surface area contributed by atoms with Crippen molar-refractivity contribution in [2.24, 2.45) is 0 Å². The minimum absolute atomic E-state index is 0.0871. The first kappa shape index (κ1) is 18.7. The third-order valence-corrected chi connectivity index (χ3v) is 5.44. The third kappa shape index (κ3) is 4.44. The number of amides is 1. The zero-order valence-electron chi connectivity index (χ0n) is 15.8. The van der Waals surface area contributed by atoms with Crippen LogP contribution in [0.1, 0.15) is 36.8 Å². The molecule has 1 heterocycles. The van der Waals surface area contributed by atoms with E-state index in [4.69, 9.17) is 9.47 Å². The molecular weight excluding hydrogens is 359 g/mol. The summed E-state index contributed by atoms with van der Waals surface area (Å²) in [5.41, 5.74) is 1.59. The van der Waals surface area contributed by atoms with Crippen molar-refractivity contribution in [3.8, 4) is 11.5 Å². The van der Waals surface area contributed by atoms with Crippen LogP contribution in [0.2, 0.25) is 0 Å². The van der Waals surface area contributed by atoms with Crippen LogP contribution in [0, 0.1) is 5.82 Å². The van der Waals surface area contributed by atoms with Crippen LogP contribution in [-0.2, 0) is 17.9 Å². The number of carbonyl (C=O) groups excluding carboxylic acids is 1. The molecule has 2 aromatic carbocycles. The Kier molecular flexibility index (Phi) is 5.76. The van der Waals surface area contributed by atoms with Gasteiger partial charge in [-0.1, -0.05) is 37.1 Å². The van der Waals surface area contributed by atoms with Gasteiger partial charge in [0.2, 0.25) is 12.7 Å². The smallest absolute Gasteiger partial charge is 0.234 e. The number of benzene rings is 2. The summed E-state index contributed by atoms with van der Waals surface area (Å²) >= 11 is 0. The number of hydrogen-bond acceptors (Lipinski definition) is 4. The number of nitrogens with one attached hydrogen (secondary N) is 1. The molecular formula is C22H25FN2O3. The van der Waals surface area contributed by atoms with Crippen molar-refractivity contribution in [2.45, 2.75) is 44.8 Å². The number of hydrogen-bond donors (Lipinski definition) is 1. The first-order valence-electron chi connectivity index (χ1n) is 9.82. The van der Waals surface area contributed by atoms with Gasteiger partial charge in [-0.25, -0.2) is 4.39 Å². The number of fused-ring (bicyclic) bond motifs is 1. The molecule has 1 amide bonds. The molecule has 0 aromatic heterocycles. The van der Waals surface area contributed by atoms with Gasteiger partial charge in [-0.15, -0.1) is 0 Å². The summed E-state index contributed by atoms with van der Waals surface area (Å²) in [4.78, 5) is 14.8. The highest BCUT2D eigenvalue weighted by Crippen LogP contribution is 2.33. The van der Waals surface area contributed by atoms with E-state index in [-0.39, 0.29) is 25.1 Å². The van der Waals surface area contributed by atoms with E-state index in [1.807, 2.05) is 18.2 Å². The number of rotatable bonds is 7. The van der Waals surface area contributed by atoms with Crippen LogP contribution < -0.4 is 14.8 Å². The topological polar surface area (TPSA) is 50.8 Å². The van der Waals surface area contributed by atoms with Crippen LogP contribution in [0.5, 0.6) is 11.5 Å². The second kappa shape index (κ2) is 8.61. The lowest BCUT2D eigenvalue weighted by molar-refractivity contribution is -0.123. The SMILES string of the molecule is O=C(CN(Cc1ccc2c(c1)OCO2)C1CCCC1)NCc1ccccc1F. The minimum Gasteiger partial charge on any atom is -0.454 e. The van der Waals surface area contributed by atoms with E-state index < -0.39 is 0 Å². The maximum absolute atomic E-state index is 13.8. The lowest BCUT2D eigenvalue weighted by Crippen LogP contribution is -2.41. The predicted octanol–water partition coefficient (Wildman–Crippen LogP) is 3.62. The van der Waals surface area contributed by atoms with Gasteiger partial charge >= 0.3 is 0 Å². The molecule has 0 unspecified atom stereocenters. The van der Waals surface area contributed by atoms with Gasteiger partial charge in [-0.05, 0) is 36.6 Å². The van der Waals surface area contributed by atoms with Gasteiger partial charge in [0.05, 0.1) is 6.54 Å². The van der Waals surface area contributed by atoms with E-state index in [0.717, 1.165) is 29.9 Å². The summed E-state index contributed by atoms with van der Waals surface area (Å²) in [6.45, 7) is 1.43. The molecule has 2 aliphatic rings. The summed E-state index contributed by atoms with van der Waals surface area (Å²) in [7, 11) is 0. The summed E-state index contributed by atoms with van der Waals surface area (Å²) in [5.74, 6) is 1.14. The molecule has 1 aliphatic carbocycles. The highest BCUT2D eigenvalue weighted by molar-refractivity contribution is 5.78. The summed E-state index contributed by atoms with van der Waals surface area (Å²) in [5, 5.41) is 2.86. The molecule has 28 heavy (non-hydrogen) atoms. The fourth-order valence-corrected chi connectivity index (χ4v) is 3.93. The molecule has 0 saturated heterocycles. The van der Waals surface area contributed by atoms with E-state index in [1.54, 1.807) is 18.2 Å². The highest BCUT2D eigenvalue weighted by Gasteiger charge is 2.25. The van der Waals surface area contributed by atoms with Crippen molar-refractivity contribution in [1.29, 1.82) is 0 Å². The lowest BCUT2D eigenvalue weighted by Gasteiger charge is -2.28. The molecule has 0 spiro atoms. The van der Waals surface area contributed by atoms with E-state index in [9.17, 15) is 9.18 Å². The predicted molar refractivity (Wildman–Crippen MR) is 103 cm³/mol. The van der Waals surface area contributed by atoms with E-state index >= 15 is 0 Å². The van der Waals surface area contributed by atoms with Crippen LogP contribution in [0.3, 0.4) is 0 Å². The van der Waals surface area contributed by atoms with Gasteiger partial charge in [-0.2, -0.15) is 0 Å². The molecule has 148 valence electrons. The fraction of sp³-hybridized carbons (Fsp3) is 0.409. The number of ether oxygens (including phenoxy) is 2. The van der Waals surface area contributed by atoms with E-state index in [1.165, 1.54) is 18.9 Å². The summed E-state index contributed by atoms with van der Waals surface area (Å²) in [6, 6.07) is 12.8. The number of carbonyl (C=O) groups is 1. The fourth-order valence-electron chi connectivity index (χ4n) is 3.93. The van der Waals surface area contributed by atoms with E-state index in [2.05, 4.69) is 10.2 Å². The standard InChI is InChI=1S/C22H25FN2O3/c23-19-8-4-1-5-17(19)12-24-22(26)14-25(18-6-2-3-7-18)13-16-9-10-20-21(11-16)28-15-27-20/h1,4-5,8-11,18H,2-3,6-7,12-15H2,(H,24,26). The Bertz CT molecular complexity index is 836. The molecule has 1 aliphatic heterocycles. The molecule has 0 radical (unpaired) electrons. The van der Waals surface area contributed by atoms with Gasteiger partial charge < -0.3 is 14.8 Å². The average Bonchev–Trinajstić information content (AvgIpc) is 3.38. The van der Waals surface area contributed by atoms with Crippen LogP contribution in [0.15, 0.2) is 42.5 Å². The Morgan fingerprint density at radius 3 is 2.71 bits per heavy atom. The van der Waals surface area contributed by atoms with Crippen molar-refractivity contribution < 1.29 is 18.7 Å². The normalized spacial score (nSPS) is 15.9.